The van der Waals surface area contributed by atoms with Crippen LogP contribution in [0.2, 0.25) is 10.0 Å². The summed E-state index contributed by atoms with van der Waals surface area (Å²) in [6.07, 6.45) is 1.66. The molecule has 0 radical (unpaired) electrons. The highest BCUT2D eigenvalue weighted by atomic mass is 35.5. The fourth-order valence-corrected chi connectivity index (χ4v) is 3.91. The van der Waals surface area contributed by atoms with E-state index in [0.717, 1.165) is 5.56 Å². The summed E-state index contributed by atoms with van der Waals surface area (Å²) in [5, 5.41) is 12.5. The molecule has 27 heavy (non-hydrogen) atoms. The quantitative estimate of drug-likeness (QED) is 0.628. The van der Waals surface area contributed by atoms with Crippen molar-refractivity contribution in [2.24, 2.45) is 0 Å². The molecule has 0 spiro atoms. The molecule has 3 aromatic rings. The molecule has 0 fully saturated rings. The number of carbonyl (C=O) groups excluding carboxylic acids is 1. The van der Waals surface area contributed by atoms with Gasteiger partial charge in [-0.15, -0.1) is 10.2 Å². The van der Waals surface area contributed by atoms with Crippen molar-refractivity contribution in [2.75, 3.05) is 12.5 Å². The van der Waals surface area contributed by atoms with E-state index in [1.165, 1.54) is 11.8 Å². The average molecular weight is 425 g/mol. The molecule has 2 aromatic heterocycles. The zero-order valence-corrected chi connectivity index (χ0v) is 16.4. The molecule has 1 aliphatic rings. The summed E-state index contributed by atoms with van der Waals surface area (Å²) < 4.78 is 12.3. The Labute approximate surface area is 169 Å². The van der Waals surface area contributed by atoms with E-state index in [0.29, 0.717) is 32.3 Å². The Morgan fingerprint density at radius 1 is 1.30 bits per heavy atom. The van der Waals surface area contributed by atoms with Gasteiger partial charge in [-0.3, -0.25) is 9.20 Å². The Balaban J connectivity index is 1.40. The number of pyridine rings is 1. The number of hydrogen-bond acceptors (Lipinski definition) is 6. The van der Waals surface area contributed by atoms with E-state index >= 15 is 0 Å². The van der Waals surface area contributed by atoms with E-state index in [-0.39, 0.29) is 24.5 Å². The van der Waals surface area contributed by atoms with Crippen molar-refractivity contribution in [2.45, 2.75) is 18.1 Å². The molecule has 3 heterocycles. The van der Waals surface area contributed by atoms with Gasteiger partial charge >= 0.3 is 0 Å². The van der Waals surface area contributed by atoms with Gasteiger partial charge < -0.3 is 14.8 Å². The maximum absolute atomic E-state index is 12.3. The van der Waals surface area contributed by atoms with Crippen LogP contribution >= 0.6 is 35.0 Å². The highest BCUT2D eigenvalue weighted by molar-refractivity contribution is 7.99. The van der Waals surface area contributed by atoms with Crippen molar-refractivity contribution in [3.05, 3.63) is 46.1 Å². The third-order valence-corrected chi connectivity index (χ3v) is 5.43. The highest BCUT2D eigenvalue weighted by Crippen LogP contribution is 2.34. The average Bonchev–Trinajstić information content (AvgIpc) is 3.25. The number of carbonyl (C=O) groups is 1. The van der Waals surface area contributed by atoms with E-state index in [4.69, 9.17) is 32.7 Å². The van der Waals surface area contributed by atoms with Crippen LogP contribution in [0.15, 0.2) is 35.6 Å². The Kier molecular flexibility index (Phi) is 5.03. The van der Waals surface area contributed by atoms with Gasteiger partial charge in [0.1, 0.15) is 0 Å². The number of ether oxygens (including phenoxy) is 2. The van der Waals surface area contributed by atoms with Crippen LogP contribution in [0.25, 0.3) is 5.65 Å². The molecule has 4 rings (SSSR count). The lowest BCUT2D eigenvalue weighted by atomic mass is 10.1. The summed E-state index contributed by atoms with van der Waals surface area (Å²) in [6, 6.07) is 7.04. The predicted octanol–water partition coefficient (Wildman–Crippen LogP) is 3.73. The van der Waals surface area contributed by atoms with Gasteiger partial charge in [0.25, 0.3) is 0 Å². The summed E-state index contributed by atoms with van der Waals surface area (Å²) >= 11 is 13.4. The van der Waals surface area contributed by atoms with Crippen LogP contribution in [0, 0.1) is 0 Å². The van der Waals surface area contributed by atoms with E-state index in [1.54, 1.807) is 16.7 Å². The van der Waals surface area contributed by atoms with E-state index < -0.39 is 0 Å². The van der Waals surface area contributed by atoms with Crippen LogP contribution in [-0.2, 0) is 4.79 Å². The van der Waals surface area contributed by atoms with Crippen LogP contribution in [0.3, 0.4) is 0 Å². The standard InChI is InChI=1S/C17H14Cl2N4O3S/c1-9(10-2-3-13-14(4-10)26-8-25-13)20-15(24)7-27-17-22-21-16-12(19)5-11(18)6-23(16)17/h2-6,9H,7-8H2,1H3,(H,20,24). The summed E-state index contributed by atoms with van der Waals surface area (Å²) in [6.45, 7) is 2.13. The first-order valence-electron chi connectivity index (χ1n) is 8.03. The largest absolute Gasteiger partial charge is 0.454 e. The third-order valence-electron chi connectivity index (χ3n) is 4.00. The zero-order chi connectivity index (χ0) is 19.0. The second-order valence-electron chi connectivity index (χ2n) is 5.87. The smallest absolute Gasteiger partial charge is 0.231 e. The van der Waals surface area contributed by atoms with Crippen molar-refractivity contribution in [1.29, 1.82) is 0 Å². The van der Waals surface area contributed by atoms with Crippen LogP contribution in [0.1, 0.15) is 18.5 Å². The number of aromatic nitrogens is 3. The predicted molar refractivity (Wildman–Crippen MR) is 103 cm³/mol. The molecule has 0 saturated heterocycles. The number of thioether (sulfide) groups is 1. The molecule has 140 valence electrons. The molecule has 1 N–H and O–H groups in total. The lowest BCUT2D eigenvalue weighted by Gasteiger charge is -2.14. The summed E-state index contributed by atoms with van der Waals surface area (Å²) in [5.74, 6) is 1.45. The number of benzene rings is 1. The van der Waals surface area contributed by atoms with Gasteiger partial charge in [-0.1, -0.05) is 41.0 Å². The number of hydrogen-bond donors (Lipinski definition) is 1. The number of rotatable bonds is 5. The Bertz CT molecular complexity index is 1030. The molecule has 10 heteroatoms. The molecule has 7 nitrogen and oxygen atoms in total. The second-order valence-corrected chi connectivity index (χ2v) is 7.66. The fraction of sp³-hybridized carbons (Fsp3) is 0.235. The Morgan fingerprint density at radius 3 is 2.96 bits per heavy atom. The first-order valence-corrected chi connectivity index (χ1v) is 9.77. The van der Waals surface area contributed by atoms with Gasteiger partial charge in [-0.25, -0.2) is 0 Å². The van der Waals surface area contributed by atoms with Crippen LogP contribution in [0.5, 0.6) is 11.5 Å². The SMILES string of the molecule is CC(NC(=O)CSc1nnc2c(Cl)cc(Cl)cn12)c1ccc2c(c1)OCO2. The van der Waals surface area contributed by atoms with Crippen molar-refractivity contribution in [3.63, 3.8) is 0 Å². The molecule has 1 atom stereocenters. The Hall–Kier alpha value is -2.16. The van der Waals surface area contributed by atoms with Gasteiger partial charge in [0.15, 0.2) is 22.3 Å². The lowest BCUT2D eigenvalue weighted by Crippen LogP contribution is -2.28. The zero-order valence-electron chi connectivity index (χ0n) is 14.1. The minimum absolute atomic E-state index is 0.130. The molecule has 1 aromatic carbocycles. The van der Waals surface area contributed by atoms with Crippen molar-refractivity contribution >= 4 is 46.5 Å². The minimum atomic E-state index is -0.174. The first-order chi connectivity index (χ1) is 13.0. The molecule has 0 saturated carbocycles. The van der Waals surface area contributed by atoms with Crippen LogP contribution in [-0.4, -0.2) is 33.1 Å². The maximum Gasteiger partial charge on any atom is 0.231 e. The molecule has 1 aliphatic heterocycles. The van der Waals surface area contributed by atoms with Crippen molar-refractivity contribution < 1.29 is 14.3 Å². The molecular weight excluding hydrogens is 411 g/mol. The minimum Gasteiger partial charge on any atom is -0.454 e. The maximum atomic E-state index is 12.3. The normalized spacial score (nSPS) is 13.7. The van der Waals surface area contributed by atoms with Crippen molar-refractivity contribution in [1.82, 2.24) is 19.9 Å². The molecule has 0 bridgehead atoms. The van der Waals surface area contributed by atoms with Crippen LogP contribution in [0.4, 0.5) is 0 Å². The van der Waals surface area contributed by atoms with E-state index in [9.17, 15) is 4.79 Å². The summed E-state index contributed by atoms with van der Waals surface area (Å²) in [7, 11) is 0. The molecule has 0 aliphatic carbocycles. The molecule has 1 unspecified atom stereocenters. The number of amides is 1. The van der Waals surface area contributed by atoms with Gasteiger partial charge in [0, 0.05) is 6.20 Å². The van der Waals surface area contributed by atoms with Crippen LogP contribution < -0.4 is 14.8 Å². The number of nitrogens with one attached hydrogen (secondary N) is 1. The first kappa shape index (κ1) is 18.2. The van der Waals surface area contributed by atoms with Gasteiger partial charge in [-0.2, -0.15) is 0 Å². The molecule has 1 amide bonds. The topological polar surface area (TPSA) is 77.8 Å². The summed E-state index contributed by atoms with van der Waals surface area (Å²) in [5.41, 5.74) is 1.43. The number of fused-ring (bicyclic) bond motifs is 2. The van der Waals surface area contributed by atoms with Crippen molar-refractivity contribution in [3.8, 4) is 11.5 Å². The highest BCUT2D eigenvalue weighted by Gasteiger charge is 2.18. The van der Waals surface area contributed by atoms with E-state index in [1.807, 2.05) is 25.1 Å². The summed E-state index contributed by atoms with van der Waals surface area (Å²) in [4.78, 5) is 12.3. The lowest BCUT2D eigenvalue weighted by molar-refractivity contribution is -0.119. The number of nitrogens with zero attached hydrogens (tertiary/aromatic N) is 3. The fourth-order valence-electron chi connectivity index (χ4n) is 2.68. The monoisotopic (exact) mass is 424 g/mol. The third kappa shape index (κ3) is 3.78. The number of halogens is 2. The molecular formula is C17H14Cl2N4O3S. The van der Waals surface area contributed by atoms with E-state index in [2.05, 4.69) is 15.5 Å². The van der Waals surface area contributed by atoms with Gasteiger partial charge in [-0.05, 0) is 30.7 Å². The second kappa shape index (κ2) is 7.46. The van der Waals surface area contributed by atoms with Gasteiger partial charge in [0.05, 0.1) is 21.8 Å². The van der Waals surface area contributed by atoms with Gasteiger partial charge in [0.2, 0.25) is 12.7 Å². The Morgan fingerprint density at radius 2 is 2.11 bits per heavy atom.